The maximum Gasteiger partial charge on any atom is 0.401 e. The molecule has 1 saturated heterocycles. The van der Waals surface area contributed by atoms with Gasteiger partial charge in [0.2, 0.25) is 0 Å². The van der Waals surface area contributed by atoms with Crippen molar-refractivity contribution in [2.45, 2.75) is 32.9 Å². The monoisotopic (exact) mass is 559 g/mol. The Labute approximate surface area is 198 Å². The Morgan fingerprint density at radius 2 is 2.06 bits per heavy atom. The van der Waals surface area contributed by atoms with Crippen LogP contribution in [0.3, 0.4) is 0 Å². The summed E-state index contributed by atoms with van der Waals surface area (Å²) in [5, 5.41) is 6.08. The number of aliphatic imine (C=N–C) groups is 1. The van der Waals surface area contributed by atoms with E-state index in [1.54, 1.807) is 20.0 Å². The number of carbonyl (C=O) groups is 1. The molecule has 178 valence electrons. The fourth-order valence-corrected chi connectivity index (χ4v) is 3.61. The van der Waals surface area contributed by atoms with Crippen molar-refractivity contribution in [3.63, 3.8) is 0 Å². The lowest BCUT2D eigenvalue weighted by Gasteiger charge is -2.26. The zero-order valence-electron chi connectivity index (χ0n) is 18.3. The molecule has 0 saturated carbocycles. The smallest absolute Gasteiger partial charge is 0.401 e. The molecule has 1 aliphatic heterocycles. The second kappa shape index (κ2) is 13.1. The second-order valence-electron chi connectivity index (χ2n) is 7.56. The fraction of sp³-hybridized carbons (Fsp3) is 0.700. The molecule has 0 radical (unpaired) electrons. The van der Waals surface area contributed by atoms with Gasteiger partial charge in [-0.05, 0) is 38.3 Å². The van der Waals surface area contributed by atoms with E-state index < -0.39 is 12.7 Å². The van der Waals surface area contributed by atoms with Gasteiger partial charge in [0.05, 0.1) is 12.8 Å². The standard InChI is InChI=1S/C20H32F3N5O2.HI/c1-4-27(14-20(21,22)23)12-16-6-10-28(13-16)19(24-3)26-9-5-8-25-18(29)17-15(2)7-11-30-17;/h7,11,16H,4-6,8-10,12-14H2,1-3H3,(H,24,26)(H,25,29);1H. The Morgan fingerprint density at radius 1 is 1.35 bits per heavy atom. The Morgan fingerprint density at radius 3 is 2.65 bits per heavy atom. The van der Waals surface area contributed by atoms with Crippen LogP contribution in [0.25, 0.3) is 0 Å². The highest BCUT2D eigenvalue weighted by Gasteiger charge is 2.32. The van der Waals surface area contributed by atoms with Crippen molar-refractivity contribution in [1.29, 1.82) is 0 Å². The molecule has 31 heavy (non-hydrogen) atoms. The van der Waals surface area contributed by atoms with Crippen LogP contribution >= 0.6 is 24.0 Å². The highest BCUT2D eigenvalue weighted by Crippen LogP contribution is 2.21. The van der Waals surface area contributed by atoms with Crippen molar-refractivity contribution in [3.05, 3.63) is 23.7 Å². The number of nitrogens with zero attached hydrogens (tertiary/aromatic N) is 3. The molecule has 0 aliphatic carbocycles. The lowest BCUT2D eigenvalue weighted by atomic mass is 10.1. The molecule has 2 rings (SSSR count). The molecule has 1 fully saturated rings. The summed E-state index contributed by atoms with van der Waals surface area (Å²) in [5.74, 6) is 1.02. The van der Waals surface area contributed by atoms with Crippen LogP contribution in [0.5, 0.6) is 0 Å². The van der Waals surface area contributed by atoms with Gasteiger partial charge in [-0.15, -0.1) is 24.0 Å². The van der Waals surface area contributed by atoms with Crippen LogP contribution in [0, 0.1) is 12.8 Å². The molecule has 0 spiro atoms. The summed E-state index contributed by atoms with van der Waals surface area (Å²) in [6.45, 7) is 6.09. The van der Waals surface area contributed by atoms with E-state index in [-0.39, 0.29) is 35.8 Å². The zero-order chi connectivity index (χ0) is 22.1. The van der Waals surface area contributed by atoms with Gasteiger partial charge in [-0.2, -0.15) is 13.2 Å². The molecule has 2 heterocycles. The zero-order valence-corrected chi connectivity index (χ0v) is 20.6. The van der Waals surface area contributed by atoms with Crippen LogP contribution in [-0.2, 0) is 0 Å². The first-order valence-electron chi connectivity index (χ1n) is 10.3. The third kappa shape index (κ3) is 9.26. The van der Waals surface area contributed by atoms with Crippen LogP contribution in [0.1, 0.15) is 35.9 Å². The molecule has 1 aromatic rings. The number of carbonyl (C=O) groups excluding carboxylic acids is 1. The minimum absolute atomic E-state index is 0. The molecule has 1 aliphatic rings. The normalized spacial score (nSPS) is 17.1. The van der Waals surface area contributed by atoms with Crippen LogP contribution in [0.15, 0.2) is 21.7 Å². The summed E-state index contributed by atoms with van der Waals surface area (Å²) < 4.78 is 43.2. The fourth-order valence-electron chi connectivity index (χ4n) is 3.61. The van der Waals surface area contributed by atoms with Crippen LogP contribution in [0.4, 0.5) is 13.2 Å². The number of hydrogen-bond acceptors (Lipinski definition) is 4. The SMILES string of the molecule is CCN(CC1CCN(C(=NC)NCCCNC(=O)c2occc2C)C1)CC(F)(F)F.I. The first kappa shape index (κ1) is 27.5. The lowest BCUT2D eigenvalue weighted by Crippen LogP contribution is -2.42. The topological polar surface area (TPSA) is 73.1 Å². The van der Waals surface area contributed by atoms with Gasteiger partial charge in [0.15, 0.2) is 11.7 Å². The van der Waals surface area contributed by atoms with Gasteiger partial charge in [-0.25, -0.2) is 0 Å². The third-order valence-electron chi connectivity index (χ3n) is 5.15. The lowest BCUT2D eigenvalue weighted by molar-refractivity contribution is -0.146. The van der Waals surface area contributed by atoms with Gasteiger partial charge >= 0.3 is 6.18 Å². The summed E-state index contributed by atoms with van der Waals surface area (Å²) >= 11 is 0. The summed E-state index contributed by atoms with van der Waals surface area (Å²) in [6.07, 6.45) is -1.14. The van der Waals surface area contributed by atoms with E-state index in [9.17, 15) is 18.0 Å². The molecule has 2 N–H and O–H groups in total. The number of alkyl halides is 3. The average molecular weight is 559 g/mol. The van der Waals surface area contributed by atoms with Gasteiger partial charge in [-0.3, -0.25) is 14.7 Å². The largest absolute Gasteiger partial charge is 0.459 e. The van der Waals surface area contributed by atoms with Gasteiger partial charge in [-0.1, -0.05) is 6.92 Å². The van der Waals surface area contributed by atoms with Crippen molar-refractivity contribution >= 4 is 35.8 Å². The number of halogens is 4. The minimum Gasteiger partial charge on any atom is -0.459 e. The highest BCUT2D eigenvalue weighted by molar-refractivity contribution is 14.0. The van der Waals surface area contributed by atoms with Crippen molar-refractivity contribution in [3.8, 4) is 0 Å². The molecule has 0 bridgehead atoms. The predicted octanol–water partition coefficient (Wildman–Crippen LogP) is 3.11. The highest BCUT2D eigenvalue weighted by atomic mass is 127. The predicted molar refractivity (Wildman–Crippen MR) is 125 cm³/mol. The van der Waals surface area contributed by atoms with Crippen LogP contribution < -0.4 is 10.6 Å². The van der Waals surface area contributed by atoms with E-state index in [4.69, 9.17) is 4.42 Å². The van der Waals surface area contributed by atoms with Crippen LogP contribution in [-0.4, -0.2) is 80.7 Å². The molecular weight excluding hydrogens is 526 g/mol. The number of amides is 1. The van der Waals surface area contributed by atoms with Crippen molar-refractivity contribution in [1.82, 2.24) is 20.4 Å². The van der Waals surface area contributed by atoms with Crippen molar-refractivity contribution < 1.29 is 22.4 Å². The Balaban J connectivity index is 0.00000480. The first-order valence-corrected chi connectivity index (χ1v) is 10.3. The molecular formula is C20H33F3IN5O2. The summed E-state index contributed by atoms with van der Waals surface area (Å²) in [5.41, 5.74) is 0.798. The van der Waals surface area contributed by atoms with Crippen LogP contribution in [0.2, 0.25) is 0 Å². The Bertz CT molecular complexity index is 711. The summed E-state index contributed by atoms with van der Waals surface area (Å²) in [6, 6.07) is 1.74. The van der Waals surface area contributed by atoms with E-state index in [0.717, 1.165) is 24.5 Å². The number of guanidine groups is 1. The number of aryl methyl sites for hydroxylation is 1. The number of likely N-dealkylation sites (tertiary alicyclic amines) is 1. The Kier molecular flexibility index (Phi) is 11.7. The van der Waals surface area contributed by atoms with E-state index in [1.807, 2.05) is 6.92 Å². The van der Waals surface area contributed by atoms with Gasteiger partial charge in [0.25, 0.3) is 5.91 Å². The van der Waals surface area contributed by atoms with E-state index in [0.29, 0.717) is 44.9 Å². The third-order valence-corrected chi connectivity index (χ3v) is 5.15. The van der Waals surface area contributed by atoms with Gasteiger partial charge in [0.1, 0.15) is 0 Å². The number of furan rings is 1. The van der Waals surface area contributed by atoms with Crippen molar-refractivity contribution in [2.75, 3.05) is 52.9 Å². The van der Waals surface area contributed by atoms with Crippen molar-refractivity contribution in [2.24, 2.45) is 10.9 Å². The quantitative estimate of drug-likeness (QED) is 0.211. The molecule has 1 unspecified atom stereocenters. The van der Waals surface area contributed by atoms with E-state index in [1.165, 1.54) is 11.2 Å². The van der Waals surface area contributed by atoms with E-state index >= 15 is 0 Å². The molecule has 1 amide bonds. The molecule has 7 nitrogen and oxygen atoms in total. The van der Waals surface area contributed by atoms with Gasteiger partial charge < -0.3 is 20.0 Å². The summed E-state index contributed by atoms with van der Waals surface area (Å²) in [7, 11) is 1.69. The molecule has 0 aromatic carbocycles. The number of nitrogens with one attached hydrogen (secondary N) is 2. The molecule has 1 aromatic heterocycles. The second-order valence-corrected chi connectivity index (χ2v) is 7.56. The summed E-state index contributed by atoms with van der Waals surface area (Å²) in [4.78, 5) is 19.8. The molecule has 11 heteroatoms. The molecule has 1 atom stereocenters. The average Bonchev–Trinajstić information content (AvgIpc) is 3.32. The maximum absolute atomic E-state index is 12.7. The first-order chi connectivity index (χ1) is 14.2. The van der Waals surface area contributed by atoms with Gasteiger partial charge in [0, 0.05) is 45.3 Å². The Hall–Kier alpha value is -1.50. The number of hydrogen-bond donors (Lipinski definition) is 2. The number of rotatable bonds is 9. The maximum atomic E-state index is 12.7. The minimum atomic E-state index is -4.17. The van der Waals surface area contributed by atoms with E-state index in [2.05, 4.69) is 20.5 Å².